The van der Waals surface area contributed by atoms with Crippen molar-refractivity contribution in [3.05, 3.63) is 29.8 Å². The fraction of sp³-hybridized carbons (Fsp3) is 0.611. The monoisotopic (exact) mass is 335 g/mol. The summed E-state index contributed by atoms with van der Waals surface area (Å²) in [5, 5.41) is 10.9. The number of hydrogen-bond donors (Lipinski definition) is 2. The van der Waals surface area contributed by atoms with Crippen LogP contribution in [0.1, 0.15) is 24.8 Å². The highest BCUT2D eigenvalue weighted by Gasteiger charge is 2.32. The number of benzene rings is 1. The number of amides is 1. The highest BCUT2D eigenvalue weighted by molar-refractivity contribution is 5.78. The Morgan fingerprint density at radius 3 is 2.67 bits per heavy atom. The Hall–Kier alpha value is -1.63. The van der Waals surface area contributed by atoms with E-state index in [0.717, 1.165) is 18.7 Å². The zero-order valence-electron chi connectivity index (χ0n) is 14.7. The second kappa shape index (κ2) is 8.46. The molecule has 1 aliphatic rings. The summed E-state index contributed by atoms with van der Waals surface area (Å²) < 4.78 is 5.17. The van der Waals surface area contributed by atoms with Gasteiger partial charge in [0.2, 0.25) is 5.91 Å². The van der Waals surface area contributed by atoms with Gasteiger partial charge in [-0.25, -0.2) is 0 Å². The molecular weight excluding hydrogens is 306 g/mol. The molecule has 0 saturated carbocycles. The third-order valence-electron chi connectivity index (χ3n) is 4.62. The Morgan fingerprint density at radius 1 is 1.33 bits per heavy atom. The molecule has 0 radical (unpaired) electrons. The predicted octanol–water partition coefficient (Wildman–Crippen LogP) is 0.829. The average Bonchev–Trinajstić information content (AvgIpc) is 2.76. The predicted molar refractivity (Wildman–Crippen MR) is 93.8 cm³/mol. The quantitative estimate of drug-likeness (QED) is 0.805. The summed E-state index contributed by atoms with van der Waals surface area (Å²) in [6, 6.07) is 7.96. The summed E-state index contributed by atoms with van der Waals surface area (Å²) in [7, 11) is 3.66. The van der Waals surface area contributed by atoms with E-state index in [1.54, 1.807) is 12.0 Å². The summed E-state index contributed by atoms with van der Waals surface area (Å²) in [6.07, 6.45) is 2.10. The highest BCUT2D eigenvalue weighted by Crippen LogP contribution is 2.24. The van der Waals surface area contributed by atoms with Gasteiger partial charge in [0.1, 0.15) is 5.75 Å². The minimum atomic E-state index is -0.759. The van der Waals surface area contributed by atoms with Crippen LogP contribution in [0.15, 0.2) is 24.3 Å². The number of hydrogen-bond acceptors (Lipinski definition) is 5. The molecule has 0 aromatic heterocycles. The van der Waals surface area contributed by atoms with Gasteiger partial charge >= 0.3 is 0 Å². The van der Waals surface area contributed by atoms with Crippen LogP contribution in [0.3, 0.4) is 0 Å². The van der Waals surface area contributed by atoms with Crippen molar-refractivity contribution in [2.24, 2.45) is 5.73 Å². The first-order chi connectivity index (χ1) is 11.5. The van der Waals surface area contributed by atoms with Gasteiger partial charge in [-0.05, 0) is 44.0 Å². The molecule has 0 unspecified atom stereocenters. The molecule has 1 aromatic rings. The van der Waals surface area contributed by atoms with Gasteiger partial charge in [-0.3, -0.25) is 9.69 Å². The van der Waals surface area contributed by atoms with Crippen molar-refractivity contribution in [3.63, 3.8) is 0 Å². The Balaban J connectivity index is 1.89. The van der Waals surface area contributed by atoms with Crippen molar-refractivity contribution >= 4 is 5.91 Å². The van der Waals surface area contributed by atoms with Crippen molar-refractivity contribution in [1.29, 1.82) is 0 Å². The second-order valence-electron chi connectivity index (χ2n) is 6.68. The van der Waals surface area contributed by atoms with Crippen molar-refractivity contribution in [2.45, 2.75) is 31.4 Å². The molecule has 1 heterocycles. The molecule has 0 aliphatic carbocycles. The van der Waals surface area contributed by atoms with E-state index >= 15 is 0 Å². The lowest BCUT2D eigenvalue weighted by molar-refractivity contribution is -0.129. The van der Waals surface area contributed by atoms with Crippen LogP contribution in [-0.2, 0) is 11.3 Å². The Bertz CT molecular complexity index is 535. The van der Waals surface area contributed by atoms with E-state index in [-0.39, 0.29) is 12.5 Å². The summed E-state index contributed by atoms with van der Waals surface area (Å²) in [6.45, 7) is 2.64. The maximum absolute atomic E-state index is 11.7. The van der Waals surface area contributed by atoms with Crippen LogP contribution >= 0.6 is 0 Å². The number of likely N-dealkylation sites (N-methyl/N-ethyl adjacent to an activating group) is 1. The van der Waals surface area contributed by atoms with E-state index in [4.69, 9.17) is 10.5 Å². The number of likely N-dealkylation sites (tertiary alicyclic amines) is 1. The molecule has 0 spiro atoms. The molecule has 6 heteroatoms. The number of ether oxygens (including phenoxy) is 1. The van der Waals surface area contributed by atoms with Crippen LogP contribution in [0.5, 0.6) is 5.75 Å². The van der Waals surface area contributed by atoms with E-state index in [1.807, 2.05) is 31.3 Å². The van der Waals surface area contributed by atoms with Gasteiger partial charge in [0.15, 0.2) is 0 Å². The number of nitrogens with two attached hydrogens (primary N) is 1. The first kappa shape index (κ1) is 18.7. The lowest BCUT2D eigenvalue weighted by Gasteiger charge is -2.31. The smallest absolute Gasteiger partial charge is 0.236 e. The van der Waals surface area contributed by atoms with Crippen molar-refractivity contribution in [1.82, 2.24) is 9.80 Å². The molecule has 1 aliphatic heterocycles. The first-order valence-corrected chi connectivity index (χ1v) is 8.47. The van der Waals surface area contributed by atoms with Gasteiger partial charge in [0.05, 0.1) is 19.3 Å². The Kier molecular flexibility index (Phi) is 6.60. The molecule has 0 bridgehead atoms. The zero-order chi connectivity index (χ0) is 17.6. The maximum atomic E-state index is 11.7. The van der Waals surface area contributed by atoms with Crippen LogP contribution in [-0.4, -0.2) is 66.8 Å². The molecular formula is C18H29N3O3. The number of aliphatic hydroxyl groups is 1. The summed E-state index contributed by atoms with van der Waals surface area (Å²) >= 11 is 0. The highest BCUT2D eigenvalue weighted by atomic mass is 16.5. The fourth-order valence-electron chi connectivity index (χ4n) is 3.32. The third-order valence-corrected chi connectivity index (χ3v) is 4.62. The van der Waals surface area contributed by atoms with Crippen molar-refractivity contribution in [2.75, 3.05) is 40.3 Å². The van der Waals surface area contributed by atoms with Gasteiger partial charge in [-0.1, -0.05) is 12.1 Å². The number of methoxy groups -OCH3 is 1. The Labute approximate surface area is 144 Å². The normalized spacial score (nSPS) is 21.6. The number of rotatable bonds is 6. The molecule has 24 heavy (non-hydrogen) atoms. The third kappa shape index (κ3) is 5.19. The topological polar surface area (TPSA) is 79.0 Å². The molecule has 1 saturated heterocycles. The van der Waals surface area contributed by atoms with Gasteiger partial charge in [0, 0.05) is 26.2 Å². The minimum absolute atomic E-state index is 0.0363. The number of carbonyl (C=O) groups is 1. The van der Waals surface area contributed by atoms with Crippen molar-refractivity contribution in [3.8, 4) is 5.75 Å². The van der Waals surface area contributed by atoms with Crippen LogP contribution in [0.2, 0.25) is 0 Å². The standard InChI is InChI=1S/C18H29N3O3/c1-20(13-15-4-6-16(24-2)7-5-15)14-18(23)8-3-10-21(11-9-18)17(22)12-19/h4-7,23H,3,8-14,19H2,1-2H3/t18-/m0/s1. The lowest BCUT2D eigenvalue weighted by Crippen LogP contribution is -2.43. The largest absolute Gasteiger partial charge is 0.497 e. The fourth-order valence-corrected chi connectivity index (χ4v) is 3.32. The summed E-state index contributed by atoms with van der Waals surface area (Å²) in [4.78, 5) is 15.6. The van der Waals surface area contributed by atoms with Gasteiger partial charge < -0.3 is 20.5 Å². The number of nitrogens with zero attached hydrogens (tertiary/aromatic N) is 2. The van der Waals surface area contributed by atoms with Crippen molar-refractivity contribution < 1.29 is 14.6 Å². The van der Waals surface area contributed by atoms with Gasteiger partial charge in [-0.15, -0.1) is 0 Å². The van der Waals surface area contributed by atoms with Crippen LogP contribution in [0.4, 0.5) is 0 Å². The van der Waals surface area contributed by atoms with E-state index in [1.165, 1.54) is 5.56 Å². The van der Waals surface area contributed by atoms with E-state index in [9.17, 15) is 9.90 Å². The van der Waals surface area contributed by atoms with E-state index in [2.05, 4.69) is 4.90 Å². The van der Waals surface area contributed by atoms with Gasteiger partial charge in [-0.2, -0.15) is 0 Å². The van der Waals surface area contributed by atoms with Crippen LogP contribution < -0.4 is 10.5 Å². The van der Waals surface area contributed by atoms with Gasteiger partial charge in [0.25, 0.3) is 0 Å². The molecule has 2 rings (SSSR count). The SMILES string of the molecule is COc1ccc(CN(C)C[C@]2(O)CCCN(C(=O)CN)CC2)cc1. The van der Waals surface area contributed by atoms with Crippen LogP contribution in [0.25, 0.3) is 0 Å². The maximum Gasteiger partial charge on any atom is 0.236 e. The second-order valence-corrected chi connectivity index (χ2v) is 6.68. The average molecular weight is 335 g/mol. The summed E-state index contributed by atoms with van der Waals surface area (Å²) in [5.41, 5.74) is 5.86. The van der Waals surface area contributed by atoms with E-state index in [0.29, 0.717) is 32.5 Å². The first-order valence-electron chi connectivity index (χ1n) is 8.47. The molecule has 134 valence electrons. The molecule has 6 nitrogen and oxygen atoms in total. The molecule has 1 atom stereocenters. The minimum Gasteiger partial charge on any atom is -0.497 e. The number of carbonyl (C=O) groups excluding carboxylic acids is 1. The molecule has 1 aromatic carbocycles. The zero-order valence-corrected chi connectivity index (χ0v) is 14.7. The lowest BCUT2D eigenvalue weighted by atomic mass is 9.94. The summed E-state index contributed by atoms with van der Waals surface area (Å²) in [5.74, 6) is 0.805. The molecule has 1 fully saturated rings. The Morgan fingerprint density at radius 2 is 2.04 bits per heavy atom. The molecule has 3 N–H and O–H groups in total. The van der Waals surface area contributed by atoms with E-state index < -0.39 is 5.60 Å². The molecule has 1 amide bonds. The van der Waals surface area contributed by atoms with Crippen LogP contribution in [0, 0.1) is 0 Å².